The third kappa shape index (κ3) is 4.84. The average Bonchev–Trinajstić information content (AvgIpc) is 3.32. The van der Waals surface area contributed by atoms with Gasteiger partial charge in [0.1, 0.15) is 17.3 Å². The molecule has 186 valence electrons. The Morgan fingerprint density at radius 2 is 1.46 bits per heavy atom. The van der Waals surface area contributed by atoms with Crippen molar-refractivity contribution >= 4 is 18.0 Å². The van der Waals surface area contributed by atoms with Crippen LogP contribution < -0.4 is 10.9 Å². The van der Waals surface area contributed by atoms with Crippen LogP contribution in [-0.2, 0) is 17.8 Å². The molecule has 0 atom stereocenters. The summed E-state index contributed by atoms with van der Waals surface area (Å²) in [5.41, 5.74) is 3.04. The van der Waals surface area contributed by atoms with Crippen LogP contribution in [0.25, 0.3) is 11.8 Å². The van der Waals surface area contributed by atoms with Crippen molar-refractivity contribution in [1.82, 2.24) is 20.0 Å². The highest BCUT2D eigenvalue weighted by Gasteiger charge is 2.34. The van der Waals surface area contributed by atoms with Gasteiger partial charge >= 0.3 is 6.03 Å². The van der Waals surface area contributed by atoms with Crippen LogP contribution in [0.3, 0.4) is 0 Å². The number of urea groups is 1. The van der Waals surface area contributed by atoms with E-state index >= 15 is 0 Å². The highest BCUT2D eigenvalue weighted by Crippen LogP contribution is 2.20. The molecule has 9 heteroatoms. The van der Waals surface area contributed by atoms with Gasteiger partial charge in [0.2, 0.25) is 0 Å². The van der Waals surface area contributed by atoms with E-state index in [9.17, 15) is 23.2 Å². The lowest BCUT2D eigenvalue weighted by molar-refractivity contribution is -0.123. The van der Waals surface area contributed by atoms with Gasteiger partial charge in [-0.05, 0) is 60.0 Å². The number of aryl methyl sites for hydroxylation is 1. The molecule has 1 aliphatic rings. The number of nitrogens with zero attached hydrogens (tertiary/aromatic N) is 2. The quantitative estimate of drug-likeness (QED) is 0.303. The zero-order valence-electron chi connectivity index (χ0n) is 19.8. The molecule has 0 radical (unpaired) electrons. The first-order valence-corrected chi connectivity index (χ1v) is 11.5. The van der Waals surface area contributed by atoms with Gasteiger partial charge in [-0.3, -0.25) is 19.6 Å². The second-order valence-corrected chi connectivity index (χ2v) is 8.74. The Bertz CT molecular complexity index is 1590. The second-order valence-electron chi connectivity index (χ2n) is 8.74. The number of hydrogen-bond acceptors (Lipinski definition) is 3. The molecular weight excluding hydrogens is 478 g/mol. The topological polar surface area (TPSA) is 87.2 Å². The molecule has 2 N–H and O–H groups in total. The predicted molar refractivity (Wildman–Crippen MR) is 134 cm³/mol. The highest BCUT2D eigenvalue weighted by molar-refractivity contribution is 6.13. The maximum atomic E-state index is 13.5. The summed E-state index contributed by atoms with van der Waals surface area (Å²) in [4.78, 5) is 40.2. The van der Waals surface area contributed by atoms with Crippen molar-refractivity contribution in [1.29, 1.82) is 0 Å². The molecule has 1 aliphatic heterocycles. The van der Waals surface area contributed by atoms with Crippen LogP contribution in [0.4, 0.5) is 13.6 Å². The normalized spacial score (nSPS) is 14.5. The first-order chi connectivity index (χ1) is 17.8. The van der Waals surface area contributed by atoms with Crippen LogP contribution in [0.2, 0.25) is 0 Å². The van der Waals surface area contributed by atoms with E-state index in [-0.39, 0.29) is 30.0 Å². The maximum Gasteiger partial charge on any atom is 0.329 e. The van der Waals surface area contributed by atoms with Crippen molar-refractivity contribution in [3.8, 4) is 5.69 Å². The molecule has 4 aromatic rings. The molecule has 3 aromatic carbocycles. The van der Waals surface area contributed by atoms with Crippen molar-refractivity contribution < 1.29 is 18.4 Å². The molecule has 7 nitrogen and oxygen atoms in total. The Kier molecular flexibility index (Phi) is 6.27. The highest BCUT2D eigenvalue weighted by atomic mass is 19.1. The molecule has 0 bridgehead atoms. The molecular formula is C28H22F2N4O3. The molecule has 1 saturated heterocycles. The van der Waals surface area contributed by atoms with Crippen molar-refractivity contribution in [3.63, 3.8) is 0 Å². The van der Waals surface area contributed by atoms with Gasteiger partial charge in [-0.1, -0.05) is 42.5 Å². The summed E-state index contributed by atoms with van der Waals surface area (Å²) in [6.45, 7) is 1.82. The molecule has 0 spiro atoms. The summed E-state index contributed by atoms with van der Waals surface area (Å²) >= 11 is 0. The summed E-state index contributed by atoms with van der Waals surface area (Å²) in [5, 5.41) is 5.65. The van der Waals surface area contributed by atoms with E-state index in [0.717, 1.165) is 16.0 Å². The van der Waals surface area contributed by atoms with Crippen molar-refractivity contribution in [2.24, 2.45) is 0 Å². The predicted octanol–water partition coefficient (Wildman–Crippen LogP) is 4.44. The van der Waals surface area contributed by atoms with Crippen LogP contribution in [0.1, 0.15) is 27.9 Å². The van der Waals surface area contributed by atoms with Gasteiger partial charge in [-0.2, -0.15) is 0 Å². The Labute approximate surface area is 210 Å². The molecule has 1 fully saturated rings. The monoisotopic (exact) mass is 500 g/mol. The van der Waals surface area contributed by atoms with Crippen molar-refractivity contribution in [2.75, 3.05) is 0 Å². The number of nitrogens with one attached hydrogen (secondary N) is 2. The number of amides is 3. The SMILES string of the molecule is Cc1ccccc1-n1[nH]c(Cc2ccc(F)cc2)c(C=C2NC(=O)N(Cc3ccc(F)cc3)C2=O)c1=O. The number of aromatic nitrogens is 2. The molecule has 5 rings (SSSR count). The number of carbonyl (C=O) groups is 2. The first kappa shape index (κ1) is 23.9. The van der Waals surface area contributed by atoms with Gasteiger partial charge in [0.25, 0.3) is 11.5 Å². The Balaban J connectivity index is 1.54. The van der Waals surface area contributed by atoms with E-state index in [4.69, 9.17) is 0 Å². The van der Waals surface area contributed by atoms with Crippen LogP contribution in [0.15, 0.2) is 83.3 Å². The zero-order valence-corrected chi connectivity index (χ0v) is 19.8. The van der Waals surface area contributed by atoms with Crippen LogP contribution >= 0.6 is 0 Å². The molecule has 0 saturated carbocycles. The second kappa shape index (κ2) is 9.69. The van der Waals surface area contributed by atoms with Gasteiger partial charge in [0.05, 0.1) is 17.8 Å². The number of benzene rings is 3. The largest absolute Gasteiger partial charge is 0.329 e. The number of carbonyl (C=O) groups excluding carboxylic acids is 2. The molecule has 3 amide bonds. The first-order valence-electron chi connectivity index (χ1n) is 11.5. The Morgan fingerprint density at radius 1 is 0.838 bits per heavy atom. The fourth-order valence-corrected chi connectivity index (χ4v) is 4.20. The number of para-hydroxylation sites is 1. The summed E-state index contributed by atoms with van der Waals surface area (Å²) < 4.78 is 28.1. The van der Waals surface area contributed by atoms with Gasteiger partial charge in [0.15, 0.2) is 0 Å². The minimum Gasteiger partial charge on any atom is -0.303 e. The molecule has 1 aromatic heterocycles. The van der Waals surface area contributed by atoms with E-state index in [0.29, 0.717) is 16.9 Å². The van der Waals surface area contributed by atoms with Gasteiger partial charge in [-0.25, -0.2) is 18.3 Å². The van der Waals surface area contributed by atoms with Crippen LogP contribution in [0.5, 0.6) is 0 Å². The van der Waals surface area contributed by atoms with Gasteiger partial charge in [0, 0.05) is 12.1 Å². The number of imide groups is 1. The van der Waals surface area contributed by atoms with E-state index in [1.165, 1.54) is 47.2 Å². The van der Waals surface area contributed by atoms with Crippen molar-refractivity contribution in [3.05, 3.63) is 128 Å². The van der Waals surface area contributed by atoms with Gasteiger partial charge in [-0.15, -0.1) is 0 Å². The minimum atomic E-state index is -0.643. The lowest BCUT2D eigenvalue weighted by Gasteiger charge is -2.11. The van der Waals surface area contributed by atoms with E-state index in [1.807, 2.05) is 19.1 Å². The number of H-pyrrole nitrogens is 1. The summed E-state index contributed by atoms with van der Waals surface area (Å²) in [6.07, 6.45) is 1.62. The fraction of sp³-hybridized carbons (Fsp3) is 0.107. The summed E-state index contributed by atoms with van der Waals surface area (Å²) in [7, 11) is 0. The van der Waals surface area contributed by atoms with E-state index < -0.39 is 23.3 Å². The summed E-state index contributed by atoms with van der Waals surface area (Å²) in [6, 6.07) is 18.1. The zero-order chi connectivity index (χ0) is 26.1. The third-order valence-electron chi connectivity index (χ3n) is 6.16. The molecule has 2 heterocycles. The number of rotatable bonds is 6. The summed E-state index contributed by atoms with van der Waals surface area (Å²) in [5.74, 6) is -1.41. The van der Waals surface area contributed by atoms with Crippen LogP contribution in [0, 0.1) is 18.6 Å². The average molecular weight is 501 g/mol. The van der Waals surface area contributed by atoms with Crippen molar-refractivity contribution in [2.45, 2.75) is 19.9 Å². The maximum absolute atomic E-state index is 13.5. The number of halogens is 2. The number of hydrogen-bond donors (Lipinski definition) is 2. The van der Waals surface area contributed by atoms with Gasteiger partial charge < -0.3 is 5.32 Å². The Morgan fingerprint density at radius 3 is 2.11 bits per heavy atom. The minimum absolute atomic E-state index is 0.0503. The van der Waals surface area contributed by atoms with E-state index in [1.54, 1.807) is 24.3 Å². The lowest BCUT2D eigenvalue weighted by atomic mass is 10.1. The third-order valence-corrected chi connectivity index (χ3v) is 6.16. The fourth-order valence-electron chi connectivity index (χ4n) is 4.20. The lowest BCUT2D eigenvalue weighted by Crippen LogP contribution is -2.30. The van der Waals surface area contributed by atoms with E-state index in [2.05, 4.69) is 10.4 Å². The standard InChI is InChI=1S/C28H22F2N4O3/c1-17-4-2-3-5-25(17)34-26(35)22(23(32-34)14-18-6-10-20(29)11-7-18)15-24-27(36)33(28(37)31-24)16-19-8-12-21(30)13-9-19/h2-13,15,32H,14,16H2,1H3,(H,31,37). The van der Waals surface area contributed by atoms with Crippen LogP contribution in [-0.4, -0.2) is 26.6 Å². The molecule has 0 unspecified atom stereocenters. The Hall–Kier alpha value is -4.79. The molecule has 0 aliphatic carbocycles. The number of aromatic amines is 1. The molecule has 37 heavy (non-hydrogen) atoms. The smallest absolute Gasteiger partial charge is 0.303 e.